The van der Waals surface area contributed by atoms with E-state index in [1.165, 1.54) is 16.8 Å². The first-order valence-electron chi connectivity index (χ1n) is 9.19. The Hall–Kier alpha value is -1.96. The van der Waals surface area contributed by atoms with Crippen molar-refractivity contribution in [1.82, 2.24) is 15.1 Å². The Bertz CT molecular complexity index is 470. The van der Waals surface area contributed by atoms with Crippen molar-refractivity contribution in [3.63, 3.8) is 0 Å². The van der Waals surface area contributed by atoms with Gasteiger partial charge in [-0.05, 0) is 26.8 Å². The molecule has 0 aliphatic heterocycles. The first kappa shape index (κ1) is 24.0. The van der Waals surface area contributed by atoms with Gasteiger partial charge in [-0.15, -0.1) is 0 Å². The number of aldehydes is 1. The summed E-state index contributed by atoms with van der Waals surface area (Å²) in [5.74, 6) is -0.902. The highest BCUT2D eigenvalue weighted by Crippen LogP contribution is 2.10. The maximum absolute atomic E-state index is 12.5. The highest BCUT2D eigenvalue weighted by molar-refractivity contribution is 5.88. The van der Waals surface area contributed by atoms with Crippen LogP contribution in [0.3, 0.4) is 0 Å². The Morgan fingerprint density at radius 1 is 1.19 bits per heavy atom. The molecule has 0 aromatic rings. The SMILES string of the molecule is CCCC(NC)C(=O)OCCC(=O)N(CC)C(CC)C(=O)N(C)CC=O. The zero-order valence-electron chi connectivity index (χ0n) is 16.6. The van der Waals surface area contributed by atoms with Gasteiger partial charge in [-0.1, -0.05) is 20.3 Å². The van der Waals surface area contributed by atoms with Gasteiger partial charge >= 0.3 is 5.97 Å². The molecule has 2 unspecified atom stereocenters. The maximum atomic E-state index is 12.5. The summed E-state index contributed by atoms with van der Waals surface area (Å²) in [6.45, 7) is 5.91. The number of rotatable bonds is 13. The van der Waals surface area contributed by atoms with E-state index in [1.54, 1.807) is 14.0 Å². The van der Waals surface area contributed by atoms with E-state index in [2.05, 4.69) is 5.32 Å². The first-order chi connectivity index (χ1) is 12.4. The minimum absolute atomic E-state index is 0.0124. The number of hydrogen-bond acceptors (Lipinski definition) is 6. The molecule has 0 bridgehead atoms. The van der Waals surface area contributed by atoms with E-state index in [9.17, 15) is 19.2 Å². The van der Waals surface area contributed by atoms with Gasteiger partial charge in [0.25, 0.3) is 0 Å². The van der Waals surface area contributed by atoms with Crippen LogP contribution in [0.5, 0.6) is 0 Å². The van der Waals surface area contributed by atoms with Gasteiger partial charge in [-0.2, -0.15) is 0 Å². The summed E-state index contributed by atoms with van der Waals surface area (Å²) >= 11 is 0. The molecular formula is C18H33N3O5. The largest absolute Gasteiger partial charge is 0.464 e. The van der Waals surface area contributed by atoms with Crippen LogP contribution >= 0.6 is 0 Å². The van der Waals surface area contributed by atoms with Crippen LogP contribution in [0.25, 0.3) is 0 Å². The number of nitrogens with zero attached hydrogens (tertiary/aromatic N) is 2. The Morgan fingerprint density at radius 3 is 2.31 bits per heavy atom. The highest BCUT2D eigenvalue weighted by Gasteiger charge is 2.29. The smallest absolute Gasteiger partial charge is 0.323 e. The van der Waals surface area contributed by atoms with Crippen LogP contribution in [0, 0.1) is 0 Å². The summed E-state index contributed by atoms with van der Waals surface area (Å²) in [5, 5.41) is 2.89. The standard InChI is InChI=1S/C18H33N3O5/c1-6-9-14(19-4)18(25)26-13-10-16(23)21(8-3)15(7-2)17(24)20(5)11-12-22/h12,14-15,19H,6-11,13H2,1-5H3. The molecule has 0 fully saturated rings. The molecule has 0 saturated heterocycles. The molecule has 0 aliphatic carbocycles. The number of amides is 2. The van der Waals surface area contributed by atoms with Crippen molar-refractivity contribution in [2.75, 3.05) is 33.8 Å². The van der Waals surface area contributed by atoms with Crippen LogP contribution in [0.15, 0.2) is 0 Å². The van der Waals surface area contributed by atoms with Crippen LogP contribution in [0.4, 0.5) is 0 Å². The zero-order chi connectivity index (χ0) is 20.1. The molecular weight excluding hydrogens is 338 g/mol. The van der Waals surface area contributed by atoms with E-state index in [0.717, 1.165) is 6.42 Å². The highest BCUT2D eigenvalue weighted by atomic mass is 16.5. The van der Waals surface area contributed by atoms with E-state index in [-0.39, 0.29) is 43.4 Å². The molecule has 0 saturated carbocycles. The van der Waals surface area contributed by atoms with Gasteiger partial charge in [0.15, 0.2) is 0 Å². The van der Waals surface area contributed by atoms with Gasteiger partial charge in [0.2, 0.25) is 11.8 Å². The lowest BCUT2D eigenvalue weighted by Crippen LogP contribution is -2.50. The molecule has 0 radical (unpaired) electrons. The number of nitrogens with one attached hydrogen (secondary N) is 1. The Kier molecular flexibility index (Phi) is 12.3. The van der Waals surface area contributed by atoms with Gasteiger partial charge in [0.05, 0.1) is 13.0 Å². The van der Waals surface area contributed by atoms with E-state index in [4.69, 9.17) is 4.74 Å². The number of hydrogen-bond donors (Lipinski definition) is 1. The average molecular weight is 371 g/mol. The summed E-state index contributed by atoms with van der Waals surface area (Å²) < 4.78 is 5.18. The number of esters is 1. The number of ether oxygens (including phenoxy) is 1. The molecule has 2 amide bonds. The summed E-state index contributed by atoms with van der Waals surface area (Å²) in [7, 11) is 3.23. The normalized spacial score (nSPS) is 12.8. The van der Waals surface area contributed by atoms with Gasteiger partial charge in [-0.25, -0.2) is 0 Å². The molecule has 0 heterocycles. The van der Waals surface area contributed by atoms with Crippen molar-refractivity contribution in [2.45, 2.75) is 58.5 Å². The molecule has 150 valence electrons. The topological polar surface area (TPSA) is 96.0 Å². The predicted molar refractivity (Wildman–Crippen MR) is 98.5 cm³/mol. The summed E-state index contributed by atoms with van der Waals surface area (Å²) in [6, 6.07) is -1.00. The fourth-order valence-corrected chi connectivity index (χ4v) is 2.71. The quantitative estimate of drug-likeness (QED) is 0.376. The van der Waals surface area contributed by atoms with E-state index >= 15 is 0 Å². The molecule has 0 aliphatic rings. The Morgan fingerprint density at radius 2 is 1.85 bits per heavy atom. The van der Waals surface area contributed by atoms with E-state index < -0.39 is 6.04 Å². The molecule has 0 aromatic heterocycles. The van der Waals surface area contributed by atoms with Crippen LogP contribution in [0.2, 0.25) is 0 Å². The van der Waals surface area contributed by atoms with Crippen LogP contribution in [0.1, 0.15) is 46.5 Å². The van der Waals surface area contributed by atoms with Crippen molar-refractivity contribution >= 4 is 24.1 Å². The third kappa shape index (κ3) is 7.51. The summed E-state index contributed by atoms with van der Waals surface area (Å²) in [6.07, 6.45) is 2.62. The maximum Gasteiger partial charge on any atom is 0.323 e. The van der Waals surface area contributed by atoms with Crippen molar-refractivity contribution in [2.24, 2.45) is 0 Å². The predicted octanol–water partition coefficient (Wildman–Crippen LogP) is 0.592. The molecule has 0 aromatic carbocycles. The van der Waals surface area contributed by atoms with Crippen molar-refractivity contribution in [1.29, 1.82) is 0 Å². The summed E-state index contributed by atoms with van der Waals surface area (Å²) in [5.41, 5.74) is 0. The van der Waals surface area contributed by atoms with E-state index in [0.29, 0.717) is 25.7 Å². The molecule has 1 N–H and O–H groups in total. The third-order valence-electron chi connectivity index (χ3n) is 4.20. The van der Waals surface area contributed by atoms with Gasteiger partial charge in [0, 0.05) is 13.6 Å². The molecule has 0 rings (SSSR count). The third-order valence-corrected chi connectivity index (χ3v) is 4.20. The monoisotopic (exact) mass is 371 g/mol. The lowest BCUT2D eigenvalue weighted by molar-refractivity contribution is -0.150. The second-order valence-corrected chi connectivity index (χ2v) is 6.04. The second-order valence-electron chi connectivity index (χ2n) is 6.04. The first-order valence-corrected chi connectivity index (χ1v) is 9.19. The minimum Gasteiger partial charge on any atom is -0.464 e. The summed E-state index contributed by atoms with van der Waals surface area (Å²) in [4.78, 5) is 50.2. The average Bonchev–Trinajstić information content (AvgIpc) is 2.63. The van der Waals surface area contributed by atoms with Gasteiger partial charge in [-0.3, -0.25) is 14.4 Å². The van der Waals surface area contributed by atoms with Crippen LogP contribution < -0.4 is 5.32 Å². The Balaban J connectivity index is 4.74. The van der Waals surface area contributed by atoms with Crippen molar-refractivity contribution in [3.8, 4) is 0 Å². The second kappa shape index (κ2) is 13.3. The van der Waals surface area contributed by atoms with Gasteiger partial charge < -0.3 is 24.6 Å². The van der Waals surface area contributed by atoms with Crippen molar-refractivity contribution < 1.29 is 23.9 Å². The minimum atomic E-state index is -0.627. The van der Waals surface area contributed by atoms with Crippen molar-refractivity contribution in [3.05, 3.63) is 0 Å². The molecule has 0 spiro atoms. The molecule has 26 heavy (non-hydrogen) atoms. The molecule has 8 nitrogen and oxygen atoms in total. The lowest BCUT2D eigenvalue weighted by Gasteiger charge is -2.31. The fourth-order valence-electron chi connectivity index (χ4n) is 2.71. The molecule has 8 heteroatoms. The molecule has 2 atom stereocenters. The number of likely N-dealkylation sites (N-methyl/N-ethyl adjacent to an activating group) is 3. The number of carbonyl (C=O) groups is 4. The lowest BCUT2D eigenvalue weighted by atomic mass is 10.1. The van der Waals surface area contributed by atoms with Crippen LogP contribution in [-0.4, -0.2) is 79.7 Å². The van der Waals surface area contributed by atoms with E-state index in [1.807, 2.05) is 13.8 Å². The zero-order valence-corrected chi connectivity index (χ0v) is 16.6. The number of carbonyl (C=O) groups excluding carboxylic acids is 4. The fraction of sp³-hybridized carbons (Fsp3) is 0.778. The van der Waals surface area contributed by atoms with Gasteiger partial charge in [0.1, 0.15) is 25.0 Å². The Labute approximate surface area is 156 Å². The van der Waals surface area contributed by atoms with Crippen LogP contribution in [-0.2, 0) is 23.9 Å².